The van der Waals surface area contributed by atoms with Gasteiger partial charge in [-0.2, -0.15) is 0 Å². The summed E-state index contributed by atoms with van der Waals surface area (Å²) in [6.45, 7) is 7.27. The van der Waals surface area contributed by atoms with Gasteiger partial charge in [0.1, 0.15) is 17.1 Å². The predicted molar refractivity (Wildman–Crippen MR) is 113 cm³/mol. The van der Waals surface area contributed by atoms with Crippen LogP contribution < -0.4 is 16.3 Å². The number of nitrogens with one attached hydrogen (secondary N) is 2. The molecule has 3 rings (SSSR count). The normalized spacial score (nSPS) is 34.0. The van der Waals surface area contributed by atoms with Gasteiger partial charge in [-0.3, -0.25) is 28.2 Å². The molecule has 30 heavy (non-hydrogen) atoms. The van der Waals surface area contributed by atoms with E-state index in [1.54, 1.807) is 6.92 Å². The van der Waals surface area contributed by atoms with E-state index in [-0.39, 0.29) is 18.3 Å². The molecule has 1 aromatic heterocycles. The Morgan fingerprint density at radius 2 is 2.17 bits per heavy atom. The molecule has 0 bridgehead atoms. The Kier molecular flexibility index (Phi) is 6.75. The molecule has 2 aliphatic heterocycles. The minimum atomic E-state index is -3.69. The number of ether oxygens (including phenoxy) is 1. The van der Waals surface area contributed by atoms with Gasteiger partial charge in [-0.05, 0) is 6.92 Å². The Morgan fingerprint density at radius 1 is 1.47 bits per heavy atom. The number of halogens is 1. The number of nitrogens with zero attached hydrogens (tertiary/aromatic N) is 1. The third-order valence-corrected chi connectivity index (χ3v) is 7.99. The zero-order valence-electron chi connectivity index (χ0n) is 17.0. The van der Waals surface area contributed by atoms with E-state index in [0.717, 1.165) is 16.3 Å². The van der Waals surface area contributed by atoms with Crippen molar-refractivity contribution in [2.24, 2.45) is 5.41 Å². The molecule has 0 saturated carbocycles. The second-order valence-electron chi connectivity index (χ2n) is 8.31. The van der Waals surface area contributed by atoms with E-state index in [4.69, 9.17) is 25.4 Å². The van der Waals surface area contributed by atoms with Crippen LogP contribution in [0.3, 0.4) is 0 Å². The molecule has 0 aliphatic carbocycles. The minimum Gasteiger partial charge on any atom is -0.347 e. The maximum absolute atomic E-state index is 13.0. The summed E-state index contributed by atoms with van der Waals surface area (Å²) in [5.41, 5.74) is -1.68. The number of carbonyl (C=O) groups is 1. The van der Waals surface area contributed by atoms with E-state index < -0.39 is 47.7 Å². The van der Waals surface area contributed by atoms with Gasteiger partial charge in [-0.25, -0.2) is 14.4 Å². The molecule has 13 heteroatoms. The van der Waals surface area contributed by atoms with Crippen molar-refractivity contribution in [3.63, 3.8) is 0 Å². The zero-order valence-corrected chi connectivity index (χ0v) is 19.5. The monoisotopic (exact) mass is 481 g/mol. The topological polar surface area (TPSA) is 129 Å². The highest BCUT2D eigenvalue weighted by molar-refractivity contribution is 8.13. The third-order valence-electron chi connectivity index (χ3n) is 4.70. The molecule has 3 heterocycles. The van der Waals surface area contributed by atoms with Crippen LogP contribution in [-0.4, -0.2) is 50.7 Å². The first-order valence-corrected chi connectivity index (χ1v) is 12.3. The summed E-state index contributed by atoms with van der Waals surface area (Å²) >= 11 is 7.82. The van der Waals surface area contributed by atoms with Gasteiger partial charge in [0.15, 0.2) is 11.3 Å². The van der Waals surface area contributed by atoms with Gasteiger partial charge in [0.05, 0.1) is 6.61 Å². The second kappa shape index (κ2) is 8.54. The summed E-state index contributed by atoms with van der Waals surface area (Å²) in [5, 5.41) is 2.76. The van der Waals surface area contributed by atoms with Gasteiger partial charge in [-0.15, -0.1) is 11.6 Å². The Labute approximate surface area is 182 Å². The smallest absolute Gasteiger partial charge is 0.347 e. The Morgan fingerprint density at radius 3 is 2.80 bits per heavy atom. The lowest BCUT2D eigenvalue weighted by Gasteiger charge is -2.35. The SMILES string of the molecule is CC(C)(C)C(=O)SCCNP1(=O)OCC2OC(n3ccc(=O)[nH]c3=O)C(C)(Cl)C2O1. The van der Waals surface area contributed by atoms with Crippen molar-refractivity contribution in [1.29, 1.82) is 0 Å². The van der Waals surface area contributed by atoms with Crippen LogP contribution in [0.25, 0.3) is 0 Å². The van der Waals surface area contributed by atoms with E-state index >= 15 is 0 Å². The van der Waals surface area contributed by atoms with Crippen LogP contribution in [0.5, 0.6) is 0 Å². The molecule has 5 unspecified atom stereocenters. The maximum atomic E-state index is 13.0. The second-order valence-corrected chi connectivity index (χ2v) is 12.0. The van der Waals surface area contributed by atoms with Gasteiger partial charge < -0.3 is 4.74 Å². The fraction of sp³-hybridized carbons (Fsp3) is 0.706. The molecule has 2 saturated heterocycles. The number of hydrogen-bond acceptors (Lipinski definition) is 8. The number of rotatable bonds is 5. The van der Waals surface area contributed by atoms with Gasteiger partial charge in [-0.1, -0.05) is 32.5 Å². The quantitative estimate of drug-likeness (QED) is 0.367. The van der Waals surface area contributed by atoms with E-state index in [9.17, 15) is 18.9 Å². The number of carbonyl (C=O) groups excluding carboxylic acids is 1. The number of thioether (sulfide) groups is 1. The van der Waals surface area contributed by atoms with E-state index in [1.165, 1.54) is 12.3 Å². The molecule has 1 aromatic rings. The molecule has 5 atom stereocenters. The standard InChI is InChI=1S/C17H25ClN3O7PS/c1-16(2,3)14(23)30-8-6-19-29(25)26-9-10-12(28-29)17(4,18)13(27-10)21-7-5-11(22)20-15(21)24/h5,7,10,12-13H,6,8-9H2,1-4H3,(H,19,25)(H,20,22,24). The summed E-state index contributed by atoms with van der Waals surface area (Å²) in [5.74, 6) is 0.394. The number of hydrogen-bond donors (Lipinski definition) is 2. The van der Waals surface area contributed by atoms with Crippen LogP contribution in [0.15, 0.2) is 21.9 Å². The van der Waals surface area contributed by atoms with Crippen LogP contribution in [0.1, 0.15) is 33.9 Å². The lowest BCUT2D eigenvalue weighted by molar-refractivity contribution is -0.117. The molecule has 2 N–H and O–H groups in total. The third kappa shape index (κ3) is 4.93. The van der Waals surface area contributed by atoms with Gasteiger partial charge in [0.2, 0.25) is 0 Å². The molecule has 2 aliphatic rings. The van der Waals surface area contributed by atoms with Crippen molar-refractivity contribution >= 4 is 36.2 Å². The summed E-state index contributed by atoms with van der Waals surface area (Å²) in [7, 11) is -3.69. The molecule has 0 amide bonds. The van der Waals surface area contributed by atoms with Crippen molar-refractivity contribution < 1.29 is 23.1 Å². The van der Waals surface area contributed by atoms with Crippen LogP contribution in [-0.2, 0) is 23.1 Å². The van der Waals surface area contributed by atoms with E-state index in [0.29, 0.717) is 5.75 Å². The lowest BCUT2D eigenvalue weighted by Crippen LogP contribution is -2.46. The fourth-order valence-electron chi connectivity index (χ4n) is 3.10. The van der Waals surface area contributed by atoms with Crippen LogP contribution >= 0.6 is 31.1 Å². The first kappa shape index (κ1) is 23.7. The maximum Gasteiger partial charge on any atom is 0.406 e. The average Bonchev–Trinajstić information content (AvgIpc) is 2.88. The zero-order chi connectivity index (χ0) is 22.3. The van der Waals surface area contributed by atoms with Gasteiger partial charge >= 0.3 is 13.4 Å². The Hall–Kier alpha value is -0.940. The van der Waals surface area contributed by atoms with Crippen molar-refractivity contribution in [2.45, 2.75) is 51.0 Å². The Bertz CT molecular complexity index is 973. The van der Waals surface area contributed by atoms with Crippen LogP contribution in [0, 0.1) is 5.41 Å². The summed E-state index contributed by atoms with van der Waals surface area (Å²) in [6, 6.07) is 1.18. The van der Waals surface area contributed by atoms with Crippen molar-refractivity contribution in [1.82, 2.24) is 14.6 Å². The van der Waals surface area contributed by atoms with Crippen molar-refractivity contribution in [3.05, 3.63) is 33.1 Å². The summed E-state index contributed by atoms with van der Waals surface area (Å²) < 4.78 is 31.0. The molecule has 168 valence electrons. The predicted octanol–water partition coefficient (Wildman–Crippen LogP) is 1.85. The van der Waals surface area contributed by atoms with E-state index in [2.05, 4.69) is 10.1 Å². The number of fused-ring (bicyclic) bond motifs is 1. The number of aromatic nitrogens is 2. The highest BCUT2D eigenvalue weighted by atomic mass is 35.5. The molecular formula is C17H25ClN3O7PS. The molecule has 0 radical (unpaired) electrons. The lowest BCUT2D eigenvalue weighted by atomic mass is 10.00. The molecule has 2 fully saturated rings. The van der Waals surface area contributed by atoms with Crippen LogP contribution in [0.2, 0.25) is 0 Å². The highest BCUT2D eigenvalue weighted by Gasteiger charge is 2.59. The molecular weight excluding hydrogens is 457 g/mol. The largest absolute Gasteiger partial charge is 0.406 e. The van der Waals surface area contributed by atoms with Crippen molar-refractivity contribution in [2.75, 3.05) is 18.9 Å². The summed E-state index contributed by atoms with van der Waals surface area (Å²) in [6.07, 6.45) is -1.17. The molecule has 0 aromatic carbocycles. The number of alkyl halides is 1. The van der Waals surface area contributed by atoms with Crippen molar-refractivity contribution in [3.8, 4) is 0 Å². The van der Waals surface area contributed by atoms with Gasteiger partial charge in [0, 0.05) is 30.0 Å². The molecule has 10 nitrogen and oxygen atoms in total. The average molecular weight is 482 g/mol. The number of H-pyrrole nitrogens is 1. The number of aromatic amines is 1. The Balaban J connectivity index is 1.66. The van der Waals surface area contributed by atoms with E-state index in [1.807, 2.05) is 20.8 Å². The van der Waals surface area contributed by atoms with Crippen LogP contribution in [0.4, 0.5) is 0 Å². The molecule has 0 spiro atoms. The first-order valence-electron chi connectivity index (χ1n) is 9.35. The van der Waals surface area contributed by atoms with Gasteiger partial charge in [0.25, 0.3) is 5.56 Å². The summed E-state index contributed by atoms with van der Waals surface area (Å²) in [4.78, 5) is 36.3. The highest BCUT2D eigenvalue weighted by Crippen LogP contribution is 2.57. The minimum absolute atomic E-state index is 0.0276. The first-order chi connectivity index (χ1) is 13.8. The fourth-order valence-corrected chi connectivity index (χ4v) is 6.09.